The molecule has 1 aliphatic heterocycles. The van der Waals surface area contributed by atoms with Crippen LogP contribution in [-0.4, -0.2) is 73.4 Å². The zero-order valence-electron chi connectivity index (χ0n) is 18.0. The molecule has 1 aliphatic rings. The number of benzene rings is 1. The molecule has 0 unspecified atom stereocenters. The highest BCUT2D eigenvalue weighted by Crippen LogP contribution is 2.19. The van der Waals surface area contributed by atoms with E-state index in [0.29, 0.717) is 29.3 Å². The number of nitrogens with zero attached hydrogens (tertiary/aromatic N) is 5. The highest BCUT2D eigenvalue weighted by molar-refractivity contribution is 5.71. The minimum Gasteiger partial charge on any atom is -0.476 e. The van der Waals surface area contributed by atoms with Gasteiger partial charge < -0.3 is 14.4 Å². The van der Waals surface area contributed by atoms with Crippen LogP contribution >= 0.6 is 0 Å². The molecule has 31 heavy (non-hydrogen) atoms. The highest BCUT2D eigenvalue weighted by atomic mass is 16.5. The van der Waals surface area contributed by atoms with E-state index < -0.39 is 0 Å². The fourth-order valence-corrected chi connectivity index (χ4v) is 3.44. The van der Waals surface area contributed by atoms with Crippen LogP contribution < -0.4 is 9.64 Å². The van der Waals surface area contributed by atoms with Crippen molar-refractivity contribution < 1.29 is 9.47 Å². The predicted octanol–water partition coefficient (Wildman–Crippen LogP) is 2.59. The molecule has 0 atom stereocenters. The van der Waals surface area contributed by atoms with Crippen molar-refractivity contribution in [1.82, 2.24) is 19.9 Å². The van der Waals surface area contributed by atoms with Gasteiger partial charge in [-0.15, -0.1) is 0 Å². The molecule has 0 radical (unpaired) electrons. The maximum absolute atomic E-state index is 6.03. The molecule has 3 heterocycles. The summed E-state index contributed by atoms with van der Waals surface area (Å²) in [5.41, 5.74) is 3.74. The lowest BCUT2D eigenvalue weighted by atomic mass is 10.1. The predicted molar refractivity (Wildman–Crippen MR) is 121 cm³/mol. The summed E-state index contributed by atoms with van der Waals surface area (Å²) in [6.07, 6.45) is 2.61. The zero-order chi connectivity index (χ0) is 21.5. The molecule has 0 bridgehead atoms. The third-order valence-electron chi connectivity index (χ3n) is 5.07. The number of hydrogen-bond acceptors (Lipinski definition) is 7. The van der Waals surface area contributed by atoms with E-state index in [-0.39, 0.29) is 0 Å². The summed E-state index contributed by atoms with van der Waals surface area (Å²) in [6.45, 7) is 5.09. The van der Waals surface area contributed by atoms with E-state index in [1.54, 1.807) is 6.20 Å². The van der Waals surface area contributed by atoms with Crippen molar-refractivity contribution in [3.05, 3.63) is 53.9 Å². The molecule has 160 valence electrons. The molecular formula is C24H27N5O2. The summed E-state index contributed by atoms with van der Waals surface area (Å²) in [5.74, 6) is 6.85. The van der Waals surface area contributed by atoms with Crippen LogP contribution in [0.15, 0.2) is 42.6 Å². The number of aromatic nitrogens is 3. The second-order valence-corrected chi connectivity index (χ2v) is 7.54. The maximum Gasteiger partial charge on any atom is 0.249 e. The first-order valence-electron chi connectivity index (χ1n) is 10.5. The van der Waals surface area contributed by atoms with Crippen LogP contribution in [0.3, 0.4) is 0 Å². The molecule has 1 saturated heterocycles. The summed E-state index contributed by atoms with van der Waals surface area (Å²) < 4.78 is 11.4. The number of fused-ring (bicyclic) bond motifs is 1. The third-order valence-corrected chi connectivity index (χ3v) is 5.07. The Morgan fingerprint density at radius 3 is 2.74 bits per heavy atom. The number of rotatable bonds is 6. The minimum absolute atomic E-state index is 0.456. The van der Waals surface area contributed by atoms with E-state index in [4.69, 9.17) is 9.47 Å². The Morgan fingerprint density at radius 2 is 1.90 bits per heavy atom. The third kappa shape index (κ3) is 5.48. The van der Waals surface area contributed by atoms with Gasteiger partial charge in [0.25, 0.3) is 0 Å². The van der Waals surface area contributed by atoms with E-state index >= 15 is 0 Å². The largest absolute Gasteiger partial charge is 0.476 e. The summed E-state index contributed by atoms with van der Waals surface area (Å²) >= 11 is 0. The van der Waals surface area contributed by atoms with Crippen molar-refractivity contribution in [2.75, 3.05) is 58.5 Å². The number of anilines is 1. The SMILES string of the molecule is CN(C)c1ccccc1C#Cc1nc2ncccc2nc1OCCCN1CCOCC1. The smallest absolute Gasteiger partial charge is 0.249 e. The number of pyridine rings is 1. The molecule has 3 aromatic rings. The lowest BCUT2D eigenvalue weighted by molar-refractivity contribution is 0.0357. The molecular weight excluding hydrogens is 390 g/mol. The topological polar surface area (TPSA) is 63.6 Å². The van der Waals surface area contributed by atoms with Crippen LogP contribution in [0, 0.1) is 11.8 Å². The molecule has 0 aliphatic carbocycles. The number of morpholine rings is 1. The zero-order valence-corrected chi connectivity index (χ0v) is 18.0. The first kappa shape index (κ1) is 21.0. The summed E-state index contributed by atoms with van der Waals surface area (Å²) in [6, 6.07) is 11.8. The molecule has 4 rings (SSSR count). The number of ether oxygens (including phenoxy) is 2. The Bertz CT molecular complexity index is 1080. The molecule has 2 aromatic heterocycles. The molecule has 1 aromatic carbocycles. The van der Waals surface area contributed by atoms with Gasteiger partial charge in [0, 0.05) is 45.5 Å². The van der Waals surface area contributed by atoms with Crippen molar-refractivity contribution in [2.24, 2.45) is 0 Å². The van der Waals surface area contributed by atoms with Crippen LogP contribution in [0.1, 0.15) is 17.7 Å². The van der Waals surface area contributed by atoms with Gasteiger partial charge in [-0.2, -0.15) is 0 Å². The highest BCUT2D eigenvalue weighted by Gasteiger charge is 2.12. The summed E-state index contributed by atoms with van der Waals surface area (Å²) in [4.78, 5) is 18.0. The molecule has 7 nitrogen and oxygen atoms in total. The van der Waals surface area contributed by atoms with Crippen LogP contribution in [0.2, 0.25) is 0 Å². The second-order valence-electron chi connectivity index (χ2n) is 7.54. The monoisotopic (exact) mass is 417 g/mol. The molecule has 0 N–H and O–H groups in total. The van der Waals surface area contributed by atoms with Gasteiger partial charge in [-0.3, -0.25) is 4.90 Å². The molecule has 0 amide bonds. The Kier molecular flexibility index (Phi) is 6.92. The maximum atomic E-state index is 6.03. The van der Waals surface area contributed by atoms with E-state index in [2.05, 4.69) is 31.7 Å². The Labute approximate surface area is 183 Å². The number of para-hydroxylation sites is 1. The van der Waals surface area contributed by atoms with E-state index in [9.17, 15) is 0 Å². The van der Waals surface area contributed by atoms with Crippen molar-refractivity contribution >= 4 is 16.9 Å². The molecule has 1 fully saturated rings. The van der Waals surface area contributed by atoms with Crippen LogP contribution in [0.25, 0.3) is 11.2 Å². The van der Waals surface area contributed by atoms with Gasteiger partial charge in [0.1, 0.15) is 5.52 Å². The first-order valence-corrected chi connectivity index (χ1v) is 10.5. The molecule has 7 heteroatoms. The average molecular weight is 418 g/mol. The van der Waals surface area contributed by atoms with Crippen LogP contribution in [-0.2, 0) is 4.74 Å². The van der Waals surface area contributed by atoms with Crippen molar-refractivity contribution in [3.63, 3.8) is 0 Å². The van der Waals surface area contributed by atoms with Gasteiger partial charge in [0.15, 0.2) is 11.3 Å². The summed E-state index contributed by atoms with van der Waals surface area (Å²) in [5, 5.41) is 0. The van der Waals surface area contributed by atoms with Gasteiger partial charge >= 0.3 is 0 Å². The minimum atomic E-state index is 0.456. The lowest BCUT2D eigenvalue weighted by Crippen LogP contribution is -2.37. The van der Waals surface area contributed by atoms with Gasteiger partial charge in [-0.1, -0.05) is 18.1 Å². The fourth-order valence-electron chi connectivity index (χ4n) is 3.44. The van der Waals surface area contributed by atoms with E-state index in [1.807, 2.05) is 55.4 Å². The van der Waals surface area contributed by atoms with E-state index in [0.717, 1.165) is 50.5 Å². The molecule has 0 spiro atoms. The van der Waals surface area contributed by atoms with Gasteiger partial charge in [-0.25, -0.2) is 15.0 Å². The Morgan fingerprint density at radius 1 is 1.06 bits per heavy atom. The van der Waals surface area contributed by atoms with Crippen molar-refractivity contribution in [1.29, 1.82) is 0 Å². The van der Waals surface area contributed by atoms with Gasteiger partial charge in [0.2, 0.25) is 5.88 Å². The second kappa shape index (κ2) is 10.2. The van der Waals surface area contributed by atoms with Crippen LogP contribution in [0.5, 0.6) is 5.88 Å². The average Bonchev–Trinajstić information content (AvgIpc) is 2.81. The van der Waals surface area contributed by atoms with Crippen LogP contribution in [0.4, 0.5) is 5.69 Å². The number of hydrogen-bond donors (Lipinski definition) is 0. The normalized spacial score (nSPS) is 14.1. The Balaban J connectivity index is 1.54. The quantitative estimate of drug-likeness (QED) is 0.451. The fraction of sp³-hybridized carbons (Fsp3) is 0.375. The first-order chi connectivity index (χ1) is 15.2. The van der Waals surface area contributed by atoms with Gasteiger partial charge in [0.05, 0.1) is 25.5 Å². The molecule has 0 saturated carbocycles. The summed E-state index contributed by atoms with van der Waals surface area (Å²) in [7, 11) is 4.01. The standard InChI is InChI=1S/C24H27N5O2/c1-28(2)22-9-4-3-7-19(22)10-11-21-24(27-20-8-5-12-25-23(20)26-21)31-16-6-13-29-14-17-30-18-15-29/h3-5,7-9,12H,6,13-18H2,1-2H3. The van der Waals surface area contributed by atoms with Crippen molar-refractivity contribution in [2.45, 2.75) is 6.42 Å². The van der Waals surface area contributed by atoms with E-state index in [1.165, 1.54) is 0 Å². The lowest BCUT2D eigenvalue weighted by Gasteiger charge is -2.26. The Hall–Kier alpha value is -3.21. The van der Waals surface area contributed by atoms with Gasteiger partial charge in [-0.05, 0) is 36.6 Å². The van der Waals surface area contributed by atoms with Crippen molar-refractivity contribution in [3.8, 4) is 17.7 Å².